The van der Waals surface area contributed by atoms with Crippen LogP contribution in [0.1, 0.15) is 30.7 Å². The molecule has 0 bridgehead atoms. The first-order valence-corrected chi connectivity index (χ1v) is 15.6. The average molecular weight is 597 g/mol. The number of carbonyl (C=O) groups is 1. The van der Waals surface area contributed by atoms with Gasteiger partial charge in [-0.3, -0.25) is 9.89 Å². The highest BCUT2D eigenvalue weighted by atomic mass is 32.2. The second-order valence-corrected chi connectivity index (χ2v) is 12.3. The number of rotatable bonds is 7. The molecule has 2 unspecified atom stereocenters. The van der Waals surface area contributed by atoms with Crippen LogP contribution in [0.2, 0.25) is 0 Å². The third kappa shape index (κ3) is 5.77. The van der Waals surface area contributed by atoms with Gasteiger partial charge in [-0.25, -0.2) is 13.6 Å². The Morgan fingerprint density at radius 1 is 1.00 bits per heavy atom. The molecule has 220 valence electrons. The molecule has 4 aromatic carbocycles. The zero-order valence-electron chi connectivity index (χ0n) is 23.3. The zero-order valence-corrected chi connectivity index (χ0v) is 24.1. The van der Waals surface area contributed by atoms with Gasteiger partial charge in [-0.15, -0.1) is 0 Å². The standard InChI is InChI=1S/C32H32N6O4S/c33-31-26-19-23(14-17-27(26)36-37-31)38-18-4-3-6-28(38)30(21-10-15-24(39)16-11-21)32(40)35-22-12-8-20(9-13-22)25-5-1-2-7-29(25)43(34,41)42/h1-2,5,7-17,19,28,30,39H,3-4,6,18H2,(H,35,40)(H3,33,36,37)(H2,34,41,42). The van der Waals surface area contributed by atoms with E-state index in [-0.39, 0.29) is 22.6 Å². The van der Waals surface area contributed by atoms with Gasteiger partial charge in [0, 0.05) is 34.9 Å². The van der Waals surface area contributed by atoms with Crippen molar-refractivity contribution in [2.24, 2.45) is 5.14 Å². The molecule has 43 heavy (non-hydrogen) atoms. The number of phenols is 1. The van der Waals surface area contributed by atoms with Crippen LogP contribution in [0.3, 0.4) is 0 Å². The number of hydrogen-bond acceptors (Lipinski definition) is 7. The molecule has 2 heterocycles. The summed E-state index contributed by atoms with van der Waals surface area (Å²) < 4.78 is 24.2. The van der Waals surface area contributed by atoms with Crippen molar-refractivity contribution >= 4 is 44.0 Å². The van der Waals surface area contributed by atoms with E-state index in [0.29, 0.717) is 22.6 Å². The van der Waals surface area contributed by atoms with Gasteiger partial charge in [0.1, 0.15) is 5.75 Å². The molecule has 1 fully saturated rings. The number of aromatic amines is 1. The number of nitrogen functional groups attached to an aromatic ring is 1. The number of hydrogen-bond donors (Lipinski definition) is 5. The summed E-state index contributed by atoms with van der Waals surface area (Å²) in [5, 5.41) is 26.4. The lowest BCUT2D eigenvalue weighted by molar-refractivity contribution is -0.118. The lowest BCUT2D eigenvalue weighted by Crippen LogP contribution is -2.47. The highest BCUT2D eigenvalue weighted by Crippen LogP contribution is 2.37. The van der Waals surface area contributed by atoms with Crippen molar-refractivity contribution in [2.45, 2.75) is 36.1 Å². The smallest absolute Gasteiger partial charge is 0.238 e. The Morgan fingerprint density at radius 2 is 1.74 bits per heavy atom. The van der Waals surface area contributed by atoms with E-state index in [1.165, 1.54) is 6.07 Å². The summed E-state index contributed by atoms with van der Waals surface area (Å²) >= 11 is 0. The summed E-state index contributed by atoms with van der Waals surface area (Å²) in [4.78, 5) is 16.4. The monoisotopic (exact) mass is 596 g/mol. The number of phenolic OH excluding ortho intramolecular Hbond substituents is 1. The molecule has 7 N–H and O–H groups in total. The number of primary sulfonamides is 1. The average Bonchev–Trinajstić information content (AvgIpc) is 3.38. The van der Waals surface area contributed by atoms with E-state index in [0.717, 1.165) is 48.0 Å². The maximum Gasteiger partial charge on any atom is 0.238 e. The van der Waals surface area contributed by atoms with Crippen LogP contribution < -0.4 is 21.1 Å². The van der Waals surface area contributed by atoms with Crippen LogP contribution in [0.25, 0.3) is 22.0 Å². The number of anilines is 3. The molecule has 1 saturated heterocycles. The van der Waals surface area contributed by atoms with Crippen molar-refractivity contribution in [3.05, 3.63) is 96.6 Å². The summed E-state index contributed by atoms with van der Waals surface area (Å²) in [6.07, 6.45) is 2.75. The number of aromatic nitrogens is 2. The number of nitrogens with one attached hydrogen (secondary N) is 2. The minimum atomic E-state index is -3.91. The molecule has 1 aliphatic rings. The normalized spacial score (nSPS) is 16.2. The van der Waals surface area contributed by atoms with Crippen molar-refractivity contribution in [3.63, 3.8) is 0 Å². The van der Waals surface area contributed by atoms with E-state index in [4.69, 9.17) is 10.9 Å². The second-order valence-electron chi connectivity index (χ2n) is 10.8. The maximum absolute atomic E-state index is 14.1. The third-order valence-electron chi connectivity index (χ3n) is 8.03. The zero-order chi connectivity index (χ0) is 30.1. The fourth-order valence-electron chi connectivity index (χ4n) is 5.96. The van der Waals surface area contributed by atoms with Gasteiger partial charge in [-0.2, -0.15) is 5.10 Å². The first kappa shape index (κ1) is 28.3. The Hall–Kier alpha value is -4.87. The summed E-state index contributed by atoms with van der Waals surface area (Å²) in [6.45, 7) is 0.772. The van der Waals surface area contributed by atoms with Crippen molar-refractivity contribution in [1.82, 2.24) is 10.2 Å². The van der Waals surface area contributed by atoms with Gasteiger partial charge in [-0.05, 0) is 78.9 Å². The Balaban J connectivity index is 1.32. The fourth-order valence-corrected chi connectivity index (χ4v) is 6.72. The maximum atomic E-state index is 14.1. The van der Waals surface area contributed by atoms with Crippen LogP contribution in [0, 0.1) is 0 Å². The predicted octanol–water partition coefficient (Wildman–Crippen LogP) is 4.95. The van der Waals surface area contributed by atoms with E-state index < -0.39 is 15.9 Å². The number of amides is 1. The van der Waals surface area contributed by atoms with E-state index in [1.807, 2.05) is 18.2 Å². The lowest BCUT2D eigenvalue weighted by Gasteiger charge is -2.41. The Bertz CT molecular complexity index is 1890. The summed E-state index contributed by atoms with van der Waals surface area (Å²) in [6, 6.07) is 26.1. The molecule has 0 spiro atoms. The molecule has 1 amide bonds. The van der Waals surface area contributed by atoms with Gasteiger partial charge in [-0.1, -0.05) is 42.5 Å². The van der Waals surface area contributed by atoms with Crippen LogP contribution in [-0.4, -0.2) is 42.2 Å². The minimum Gasteiger partial charge on any atom is -0.508 e. The van der Waals surface area contributed by atoms with E-state index in [9.17, 15) is 18.3 Å². The second kappa shape index (κ2) is 11.4. The molecular weight excluding hydrogens is 564 g/mol. The third-order valence-corrected chi connectivity index (χ3v) is 9.00. The molecule has 5 aromatic rings. The largest absolute Gasteiger partial charge is 0.508 e. The summed E-state index contributed by atoms with van der Waals surface area (Å²) in [5.41, 5.74) is 10.4. The summed E-state index contributed by atoms with van der Waals surface area (Å²) in [5.74, 6) is -0.196. The Morgan fingerprint density at radius 3 is 2.49 bits per heavy atom. The molecule has 0 radical (unpaired) electrons. The van der Waals surface area contributed by atoms with Crippen LogP contribution >= 0.6 is 0 Å². The van der Waals surface area contributed by atoms with Gasteiger partial charge >= 0.3 is 0 Å². The van der Waals surface area contributed by atoms with Crippen LogP contribution in [-0.2, 0) is 14.8 Å². The van der Waals surface area contributed by atoms with Gasteiger partial charge in [0.2, 0.25) is 15.9 Å². The Kier molecular flexibility index (Phi) is 7.51. The lowest BCUT2D eigenvalue weighted by atomic mass is 9.84. The van der Waals surface area contributed by atoms with Gasteiger partial charge in [0.15, 0.2) is 5.82 Å². The molecule has 2 atom stereocenters. The summed E-state index contributed by atoms with van der Waals surface area (Å²) in [7, 11) is -3.91. The molecule has 1 aliphatic heterocycles. The molecule has 0 saturated carbocycles. The van der Waals surface area contributed by atoms with Crippen molar-refractivity contribution in [3.8, 4) is 16.9 Å². The number of benzene rings is 4. The topological polar surface area (TPSA) is 167 Å². The number of H-pyrrole nitrogens is 1. The van der Waals surface area contributed by atoms with Gasteiger partial charge in [0.05, 0.1) is 16.3 Å². The van der Waals surface area contributed by atoms with Crippen molar-refractivity contribution in [1.29, 1.82) is 0 Å². The van der Waals surface area contributed by atoms with Crippen LogP contribution in [0.4, 0.5) is 17.2 Å². The molecule has 0 aliphatic carbocycles. The SMILES string of the molecule is Nc1n[nH]c2ccc(N3CCCCC3C(C(=O)Nc3ccc(-c4ccccc4S(N)(=O)=O)cc3)c3ccc(O)cc3)cc12. The molecule has 6 rings (SSSR count). The molecule has 10 nitrogen and oxygen atoms in total. The van der Waals surface area contributed by atoms with Gasteiger partial charge < -0.3 is 21.1 Å². The van der Waals surface area contributed by atoms with Crippen molar-refractivity contribution < 1.29 is 18.3 Å². The van der Waals surface area contributed by atoms with E-state index >= 15 is 0 Å². The van der Waals surface area contributed by atoms with Gasteiger partial charge in [0.25, 0.3) is 0 Å². The van der Waals surface area contributed by atoms with E-state index in [2.05, 4.69) is 20.4 Å². The minimum absolute atomic E-state index is 0.0342. The predicted molar refractivity (Wildman–Crippen MR) is 168 cm³/mol. The first-order valence-electron chi connectivity index (χ1n) is 14.0. The molecular formula is C32H32N6O4S. The molecule has 11 heteroatoms. The highest BCUT2D eigenvalue weighted by molar-refractivity contribution is 7.89. The van der Waals surface area contributed by atoms with Crippen LogP contribution in [0.15, 0.2) is 95.9 Å². The Labute approximate surface area is 249 Å². The van der Waals surface area contributed by atoms with Crippen molar-refractivity contribution in [2.75, 3.05) is 22.5 Å². The highest BCUT2D eigenvalue weighted by Gasteiger charge is 2.36. The van der Waals surface area contributed by atoms with E-state index in [1.54, 1.807) is 66.7 Å². The fraction of sp³-hybridized carbons (Fsp3) is 0.188. The number of nitrogens with zero attached hydrogens (tertiary/aromatic N) is 2. The number of piperidine rings is 1. The quantitative estimate of drug-likeness (QED) is 0.177. The number of nitrogens with two attached hydrogens (primary N) is 2. The number of aromatic hydroxyl groups is 1. The first-order chi connectivity index (χ1) is 20.7. The number of fused-ring (bicyclic) bond motifs is 1. The number of carbonyl (C=O) groups excluding carboxylic acids is 1. The molecule has 1 aromatic heterocycles. The number of sulfonamides is 1. The van der Waals surface area contributed by atoms with Crippen LogP contribution in [0.5, 0.6) is 5.75 Å².